The summed E-state index contributed by atoms with van der Waals surface area (Å²) in [6.45, 7) is 1.06. The van der Waals surface area contributed by atoms with E-state index in [4.69, 9.17) is 4.74 Å². The van der Waals surface area contributed by atoms with Gasteiger partial charge in [-0.15, -0.1) is 0 Å². The minimum absolute atomic E-state index is 0.0741. The fraction of sp³-hybridized carbons (Fsp3) is 0.346. The lowest BCUT2D eigenvalue weighted by atomic mass is 9.74. The van der Waals surface area contributed by atoms with Crippen molar-refractivity contribution in [3.63, 3.8) is 0 Å². The zero-order valence-electron chi connectivity index (χ0n) is 17.4. The number of carbonyl (C=O) groups excluding carboxylic acids is 1. The molecule has 1 fully saturated rings. The van der Waals surface area contributed by atoms with Crippen molar-refractivity contribution in [1.29, 1.82) is 0 Å². The number of allylic oxidation sites excluding steroid dienone is 3. The van der Waals surface area contributed by atoms with Gasteiger partial charge in [0.05, 0.1) is 6.04 Å². The standard InChI is InChI=1S/C26H28N2O2/c1-27-23-15-9-8-14-21(23)25-22(24(27)20-12-6-3-7-13-20)16-17-28(25)26(29)30-18-19-10-4-2-5-11-19/h2-12,14-15,20,22,24-25H,13,16-18H2,1H3/t20?,22-,24+,25+/m1/s1. The van der Waals surface area contributed by atoms with Crippen LogP contribution in [-0.4, -0.2) is 30.6 Å². The lowest BCUT2D eigenvalue weighted by molar-refractivity contribution is 0.0844. The van der Waals surface area contributed by atoms with Crippen LogP contribution in [0, 0.1) is 11.8 Å². The number of hydrogen-bond donors (Lipinski definition) is 0. The van der Waals surface area contributed by atoms with Gasteiger partial charge in [0.15, 0.2) is 0 Å². The molecule has 0 radical (unpaired) electrons. The van der Waals surface area contributed by atoms with Crippen LogP contribution in [-0.2, 0) is 11.3 Å². The maximum atomic E-state index is 13.1. The molecule has 3 aliphatic rings. The fourth-order valence-corrected chi connectivity index (χ4v) is 5.54. The van der Waals surface area contributed by atoms with Crippen molar-refractivity contribution in [1.82, 2.24) is 4.90 Å². The van der Waals surface area contributed by atoms with Crippen molar-refractivity contribution in [2.24, 2.45) is 11.8 Å². The van der Waals surface area contributed by atoms with E-state index in [1.54, 1.807) is 0 Å². The van der Waals surface area contributed by atoms with E-state index in [1.165, 1.54) is 11.3 Å². The Balaban J connectivity index is 1.43. The summed E-state index contributed by atoms with van der Waals surface area (Å²) >= 11 is 0. The normalized spacial score (nSPS) is 27.0. The molecular formula is C26H28N2O2. The zero-order chi connectivity index (χ0) is 20.5. The number of amides is 1. The summed E-state index contributed by atoms with van der Waals surface area (Å²) in [6.07, 6.45) is 10.7. The maximum absolute atomic E-state index is 13.1. The molecule has 2 aromatic rings. The molecule has 2 heterocycles. The highest BCUT2D eigenvalue weighted by atomic mass is 16.6. The molecule has 1 aliphatic carbocycles. The Labute approximate surface area is 178 Å². The topological polar surface area (TPSA) is 32.8 Å². The monoisotopic (exact) mass is 400 g/mol. The summed E-state index contributed by atoms with van der Waals surface area (Å²) in [7, 11) is 2.21. The molecule has 2 aliphatic heterocycles. The van der Waals surface area contributed by atoms with Crippen molar-refractivity contribution >= 4 is 11.8 Å². The number of benzene rings is 2. The third-order valence-electron chi connectivity index (χ3n) is 6.86. The van der Waals surface area contributed by atoms with Gasteiger partial charge in [0, 0.05) is 37.2 Å². The van der Waals surface area contributed by atoms with Crippen LogP contribution < -0.4 is 4.90 Å². The first-order valence-electron chi connectivity index (χ1n) is 10.9. The van der Waals surface area contributed by atoms with Crippen LogP contribution in [0.1, 0.15) is 30.0 Å². The smallest absolute Gasteiger partial charge is 0.410 e. The Bertz CT molecular complexity index is 968. The summed E-state index contributed by atoms with van der Waals surface area (Å²) in [6, 6.07) is 18.9. The molecule has 5 rings (SSSR count). The minimum Gasteiger partial charge on any atom is -0.445 e. The summed E-state index contributed by atoms with van der Waals surface area (Å²) in [5.41, 5.74) is 3.49. The number of para-hydroxylation sites is 1. The second kappa shape index (κ2) is 8.02. The van der Waals surface area contributed by atoms with Crippen molar-refractivity contribution in [2.75, 3.05) is 18.5 Å². The number of anilines is 1. The van der Waals surface area contributed by atoms with E-state index in [2.05, 4.69) is 60.5 Å². The van der Waals surface area contributed by atoms with Gasteiger partial charge in [0.2, 0.25) is 0 Å². The number of carbonyl (C=O) groups is 1. The minimum atomic E-state index is -0.205. The molecule has 0 saturated carbocycles. The van der Waals surface area contributed by atoms with E-state index < -0.39 is 0 Å². The number of rotatable bonds is 3. The third-order valence-corrected chi connectivity index (χ3v) is 6.86. The molecule has 0 spiro atoms. The Morgan fingerprint density at radius 2 is 1.87 bits per heavy atom. The Morgan fingerprint density at radius 3 is 2.67 bits per heavy atom. The Morgan fingerprint density at radius 1 is 1.07 bits per heavy atom. The molecule has 0 aromatic heterocycles. The molecule has 4 atom stereocenters. The molecule has 4 heteroatoms. The van der Waals surface area contributed by atoms with E-state index in [1.807, 2.05) is 35.2 Å². The quantitative estimate of drug-likeness (QED) is 0.697. The van der Waals surface area contributed by atoms with Gasteiger partial charge >= 0.3 is 6.09 Å². The predicted octanol–water partition coefficient (Wildman–Crippen LogP) is 5.34. The molecule has 1 unspecified atom stereocenters. The van der Waals surface area contributed by atoms with Gasteiger partial charge < -0.3 is 14.5 Å². The maximum Gasteiger partial charge on any atom is 0.410 e. The fourth-order valence-electron chi connectivity index (χ4n) is 5.54. The first kappa shape index (κ1) is 19.0. The Kier molecular flexibility index (Phi) is 5.07. The van der Waals surface area contributed by atoms with Crippen LogP contribution >= 0.6 is 0 Å². The molecule has 1 amide bonds. The number of fused-ring (bicyclic) bond motifs is 3. The summed E-state index contributed by atoms with van der Waals surface area (Å²) in [4.78, 5) is 17.5. The molecule has 0 bridgehead atoms. The van der Waals surface area contributed by atoms with Crippen LogP contribution in [0.4, 0.5) is 10.5 Å². The molecular weight excluding hydrogens is 372 g/mol. The van der Waals surface area contributed by atoms with E-state index in [9.17, 15) is 4.79 Å². The summed E-state index contributed by atoms with van der Waals surface area (Å²) < 4.78 is 5.73. The van der Waals surface area contributed by atoms with Gasteiger partial charge in [-0.3, -0.25) is 0 Å². The molecule has 30 heavy (non-hydrogen) atoms. The van der Waals surface area contributed by atoms with Crippen LogP contribution in [0.15, 0.2) is 78.9 Å². The third kappa shape index (κ3) is 3.30. The lowest BCUT2D eigenvalue weighted by Crippen LogP contribution is -2.50. The number of likely N-dealkylation sites (tertiary alicyclic amines) is 1. The summed E-state index contributed by atoms with van der Waals surface area (Å²) in [5, 5.41) is 0. The number of ether oxygens (including phenoxy) is 1. The molecule has 0 N–H and O–H groups in total. The van der Waals surface area contributed by atoms with Crippen molar-refractivity contribution in [3.8, 4) is 0 Å². The molecule has 4 nitrogen and oxygen atoms in total. The van der Waals surface area contributed by atoms with Gasteiger partial charge in [-0.1, -0.05) is 72.8 Å². The van der Waals surface area contributed by atoms with E-state index >= 15 is 0 Å². The van der Waals surface area contributed by atoms with Gasteiger partial charge in [-0.05, 0) is 30.0 Å². The van der Waals surface area contributed by atoms with E-state index in [-0.39, 0.29) is 12.1 Å². The molecule has 2 aromatic carbocycles. The summed E-state index contributed by atoms with van der Waals surface area (Å²) in [5.74, 6) is 0.858. The molecule has 1 saturated heterocycles. The molecule has 154 valence electrons. The van der Waals surface area contributed by atoms with Crippen LogP contribution in [0.5, 0.6) is 0 Å². The predicted molar refractivity (Wildman–Crippen MR) is 119 cm³/mol. The average Bonchev–Trinajstić information content (AvgIpc) is 3.24. The zero-order valence-corrected chi connectivity index (χ0v) is 17.4. The first-order valence-corrected chi connectivity index (χ1v) is 10.9. The van der Waals surface area contributed by atoms with Crippen molar-refractivity contribution < 1.29 is 9.53 Å². The van der Waals surface area contributed by atoms with Gasteiger partial charge in [0.25, 0.3) is 0 Å². The highest BCUT2D eigenvalue weighted by molar-refractivity contribution is 5.71. The second-order valence-electron chi connectivity index (χ2n) is 8.50. The van der Waals surface area contributed by atoms with Crippen molar-refractivity contribution in [3.05, 3.63) is 90.0 Å². The first-order chi connectivity index (χ1) is 14.7. The van der Waals surface area contributed by atoms with Crippen LogP contribution in [0.25, 0.3) is 0 Å². The van der Waals surface area contributed by atoms with Gasteiger partial charge in [0.1, 0.15) is 6.61 Å². The Hall–Kier alpha value is -3.01. The average molecular weight is 401 g/mol. The lowest BCUT2D eigenvalue weighted by Gasteiger charge is -2.47. The number of nitrogens with zero attached hydrogens (tertiary/aromatic N) is 2. The van der Waals surface area contributed by atoms with Gasteiger partial charge in [-0.2, -0.15) is 0 Å². The second-order valence-corrected chi connectivity index (χ2v) is 8.50. The largest absolute Gasteiger partial charge is 0.445 e. The highest BCUT2D eigenvalue weighted by Crippen LogP contribution is 2.51. The van der Waals surface area contributed by atoms with Gasteiger partial charge in [-0.25, -0.2) is 4.79 Å². The van der Waals surface area contributed by atoms with Crippen molar-refractivity contribution in [2.45, 2.75) is 31.5 Å². The van der Waals surface area contributed by atoms with E-state index in [0.717, 1.165) is 24.9 Å². The SMILES string of the molecule is CN1c2ccccc2[C@H]2[C@H](CCN2C(=O)OCc2ccccc2)[C@@H]1C1C=CC=CC1. The van der Waals surface area contributed by atoms with Crippen LogP contribution in [0.3, 0.4) is 0 Å². The number of hydrogen-bond acceptors (Lipinski definition) is 3. The van der Waals surface area contributed by atoms with Crippen LogP contribution in [0.2, 0.25) is 0 Å². The highest BCUT2D eigenvalue weighted by Gasteiger charge is 2.49. The van der Waals surface area contributed by atoms with E-state index in [0.29, 0.717) is 24.5 Å².